The minimum atomic E-state index is -0.859. The summed E-state index contributed by atoms with van der Waals surface area (Å²) in [5.41, 5.74) is 2.12. The number of ether oxygens (including phenoxy) is 1. The van der Waals surface area contributed by atoms with Crippen molar-refractivity contribution in [3.63, 3.8) is 0 Å². The molecule has 4 rings (SSSR count). The van der Waals surface area contributed by atoms with Crippen LogP contribution in [0, 0.1) is 0 Å². The van der Waals surface area contributed by atoms with Gasteiger partial charge in [0.25, 0.3) is 17.7 Å². The van der Waals surface area contributed by atoms with Crippen LogP contribution in [0.3, 0.4) is 0 Å². The van der Waals surface area contributed by atoms with E-state index in [9.17, 15) is 19.2 Å². The van der Waals surface area contributed by atoms with Gasteiger partial charge in [-0.05, 0) is 35.4 Å². The lowest BCUT2D eigenvalue weighted by Crippen LogP contribution is -2.38. The molecule has 0 aliphatic carbocycles. The van der Waals surface area contributed by atoms with Gasteiger partial charge in [0.05, 0.1) is 17.2 Å². The molecule has 0 aromatic heterocycles. The van der Waals surface area contributed by atoms with Gasteiger partial charge in [0.1, 0.15) is 6.54 Å². The van der Waals surface area contributed by atoms with Gasteiger partial charge < -0.3 is 10.1 Å². The molecule has 1 heterocycles. The molecular weight excluding hydrogens is 444 g/mol. The number of carbonyl (C=O) groups is 4. The van der Waals surface area contributed by atoms with Crippen molar-refractivity contribution >= 4 is 35.3 Å². The van der Waals surface area contributed by atoms with Crippen molar-refractivity contribution in [2.24, 2.45) is 0 Å². The second-order valence-electron chi connectivity index (χ2n) is 7.37. The first-order chi connectivity index (χ1) is 15.9. The van der Waals surface area contributed by atoms with Crippen LogP contribution < -0.4 is 5.32 Å². The molecule has 166 valence electrons. The Morgan fingerprint density at radius 2 is 1.36 bits per heavy atom. The zero-order valence-corrected chi connectivity index (χ0v) is 18.1. The average molecular weight is 463 g/mol. The Bertz CT molecular complexity index is 1180. The van der Waals surface area contributed by atoms with E-state index in [-0.39, 0.29) is 11.1 Å². The molecule has 0 spiro atoms. The van der Waals surface area contributed by atoms with Crippen molar-refractivity contribution in [3.05, 3.63) is 106 Å². The number of fused-ring (bicyclic) bond motifs is 1. The topological polar surface area (TPSA) is 92.8 Å². The zero-order chi connectivity index (χ0) is 23.4. The van der Waals surface area contributed by atoms with Crippen LogP contribution >= 0.6 is 11.6 Å². The van der Waals surface area contributed by atoms with Crippen molar-refractivity contribution in [3.8, 4) is 0 Å². The molecule has 7 nitrogen and oxygen atoms in total. The third kappa shape index (κ3) is 4.94. The van der Waals surface area contributed by atoms with Crippen LogP contribution in [-0.2, 0) is 14.3 Å². The van der Waals surface area contributed by atoms with E-state index in [0.29, 0.717) is 5.02 Å². The highest BCUT2D eigenvalue weighted by atomic mass is 35.5. The zero-order valence-electron chi connectivity index (χ0n) is 17.4. The summed E-state index contributed by atoms with van der Waals surface area (Å²) in [5, 5.41) is 3.41. The fraction of sp³-hybridized carbons (Fsp3) is 0.120. The van der Waals surface area contributed by atoms with Crippen LogP contribution in [0.2, 0.25) is 5.02 Å². The number of rotatable bonds is 7. The fourth-order valence-corrected chi connectivity index (χ4v) is 3.69. The quantitative estimate of drug-likeness (QED) is 0.429. The van der Waals surface area contributed by atoms with Gasteiger partial charge in [-0.15, -0.1) is 0 Å². The molecule has 0 saturated carbocycles. The monoisotopic (exact) mass is 462 g/mol. The molecule has 0 fully saturated rings. The molecule has 0 saturated heterocycles. The predicted molar refractivity (Wildman–Crippen MR) is 121 cm³/mol. The smallest absolute Gasteiger partial charge is 0.326 e. The van der Waals surface area contributed by atoms with Crippen LogP contribution in [0.5, 0.6) is 0 Å². The third-order valence-electron chi connectivity index (χ3n) is 5.17. The number of carbonyl (C=O) groups excluding carboxylic acids is 4. The highest BCUT2D eigenvalue weighted by molar-refractivity contribution is 6.30. The first-order valence-electron chi connectivity index (χ1n) is 10.1. The average Bonchev–Trinajstić information content (AvgIpc) is 3.07. The molecular formula is C25H19ClN2O5. The normalized spacial score (nSPS) is 13.4. The molecule has 1 unspecified atom stereocenters. The molecule has 0 radical (unpaired) electrons. The van der Waals surface area contributed by atoms with E-state index in [1.165, 1.54) is 12.1 Å². The summed E-state index contributed by atoms with van der Waals surface area (Å²) >= 11 is 5.98. The number of benzene rings is 3. The molecule has 8 heteroatoms. The molecule has 1 aliphatic rings. The fourth-order valence-electron chi connectivity index (χ4n) is 3.57. The van der Waals surface area contributed by atoms with Gasteiger partial charge in [-0.3, -0.25) is 24.1 Å². The maximum Gasteiger partial charge on any atom is 0.326 e. The van der Waals surface area contributed by atoms with Gasteiger partial charge in [0, 0.05) is 5.02 Å². The van der Waals surface area contributed by atoms with Crippen molar-refractivity contribution < 1.29 is 23.9 Å². The van der Waals surface area contributed by atoms with E-state index in [1.54, 1.807) is 36.4 Å². The largest absolute Gasteiger partial charge is 0.454 e. The van der Waals surface area contributed by atoms with Gasteiger partial charge in [-0.2, -0.15) is 0 Å². The number of esters is 1. The van der Waals surface area contributed by atoms with Gasteiger partial charge in [0.15, 0.2) is 6.61 Å². The molecule has 3 amide bonds. The Morgan fingerprint density at radius 3 is 1.97 bits per heavy atom. The summed E-state index contributed by atoms with van der Waals surface area (Å²) in [6.45, 7) is -1.13. The lowest BCUT2D eigenvalue weighted by Gasteiger charge is -2.20. The minimum absolute atomic E-state index is 0.238. The number of halogens is 1. The predicted octanol–water partition coefficient (Wildman–Crippen LogP) is 3.39. The highest BCUT2D eigenvalue weighted by Gasteiger charge is 2.36. The van der Waals surface area contributed by atoms with E-state index in [2.05, 4.69) is 5.32 Å². The maximum atomic E-state index is 12.6. The second-order valence-corrected chi connectivity index (χ2v) is 7.80. The molecule has 1 N–H and O–H groups in total. The Labute approximate surface area is 194 Å². The third-order valence-corrected chi connectivity index (χ3v) is 5.42. The molecule has 1 atom stereocenters. The number of amides is 3. The van der Waals surface area contributed by atoms with E-state index >= 15 is 0 Å². The van der Waals surface area contributed by atoms with Gasteiger partial charge in [-0.25, -0.2) is 0 Å². The van der Waals surface area contributed by atoms with E-state index in [4.69, 9.17) is 16.3 Å². The highest BCUT2D eigenvalue weighted by Crippen LogP contribution is 2.24. The van der Waals surface area contributed by atoms with Crippen LogP contribution in [-0.4, -0.2) is 41.7 Å². The number of hydrogen-bond acceptors (Lipinski definition) is 5. The Hall–Kier alpha value is -3.97. The first-order valence-corrected chi connectivity index (χ1v) is 10.5. The van der Waals surface area contributed by atoms with E-state index in [0.717, 1.165) is 16.0 Å². The standard InChI is InChI=1S/C25H19ClN2O5/c26-18-12-10-17(11-13-18)23(16-6-2-1-3-7-16)27-21(29)15-33-22(30)14-28-24(31)19-8-4-5-9-20(19)25(28)32/h1-13,23H,14-15H2,(H,27,29). The van der Waals surface area contributed by atoms with Crippen molar-refractivity contribution in [1.82, 2.24) is 10.2 Å². The number of hydrogen-bond donors (Lipinski definition) is 1. The van der Waals surface area contributed by atoms with Crippen LogP contribution in [0.4, 0.5) is 0 Å². The summed E-state index contributed by atoms with van der Waals surface area (Å²) in [7, 11) is 0. The number of nitrogens with zero attached hydrogens (tertiary/aromatic N) is 1. The minimum Gasteiger partial charge on any atom is -0.454 e. The van der Waals surface area contributed by atoms with E-state index in [1.807, 2.05) is 30.3 Å². The van der Waals surface area contributed by atoms with Crippen LogP contribution in [0.1, 0.15) is 37.9 Å². The molecule has 3 aromatic rings. The molecule has 1 aliphatic heterocycles. The summed E-state index contributed by atoms with van der Waals surface area (Å²) in [6.07, 6.45) is 0. The van der Waals surface area contributed by atoms with Gasteiger partial charge in [0.2, 0.25) is 0 Å². The Balaban J connectivity index is 1.37. The van der Waals surface area contributed by atoms with Crippen molar-refractivity contribution in [2.45, 2.75) is 6.04 Å². The molecule has 3 aromatic carbocycles. The van der Waals surface area contributed by atoms with Gasteiger partial charge >= 0.3 is 5.97 Å². The lowest BCUT2D eigenvalue weighted by molar-refractivity contribution is -0.148. The second kappa shape index (κ2) is 9.67. The molecule has 0 bridgehead atoms. The number of imide groups is 1. The summed E-state index contributed by atoms with van der Waals surface area (Å²) in [6, 6.07) is 22.2. The Morgan fingerprint density at radius 1 is 0.818 bits per heavy atom. The van der Waals surface area contributed by atoms with Crippen LogP contribution in [0.25, 0.3) is 0 Å². The summed E-state index contributed by atoms with van der Waals surface area (Å²) in [5.74, 6) is -2.52. The number of nitrogens with one attached hydrogen (secondary N) is 1. The summed E-state index contributed by atoms with van der Waals surface area (Å²) < 4.78 is 5.03. The molecule has 33 heavy (non-hydrogen) atoms. The van der Waals surface area contributed by atoms with Crippen LogP contribution in [0.15, 0.2) is 78.9 Å². The Kier molecular flexibility index (Phi) is 6.51. The van der Waals surface area contributed by atoms with Crippen molar-refractivity contribution in [2.75, 3.05) is 13.2 Å². The van der Waals surface area contributed by atoms with E-state index < -0.39 is 42.9 Å². The van der Waals surface area contributed by atoms with Crippen molar-refractivity contribution in [1.29, 1.82) is 0 Å². The SMILES string of the molecule is O=C(COC(=O)CN1C(=O)c2ccccc2C1=O)NC(c1ccccc1)c1ccc(Cl)cc1. The van der Waals surface area contributed by atoms with Gasteiger partial charge in [-0.1, -0.05) is 66.2 Å². The maximum absolute atomic E-state index is 12.6. The lowest BCUT2D eigenvalue weighted by atomic mass is 9.99. The first kappa shape index (κ1) is 22.2. The summed E-state index contributed by atoms with van der Waals surface area (Å²) in [4.78, 5) is 50.4.